The molecule has 2 heterocycles. The number of aliphatic carboxylic acids is 1. The Hall–Kier alpha value is -2.38. The van der Waals surface area contributed by atoms with Gasteiger partial charge in [-0.3, -0.25) is 0 Å². The molecule has 38 heavy (non-hydrogen) atoms. The Morgan fingerprint density at radius 3 is 2.13 bits per heavy atom. The zero-order chi connectivity index (χ0) is 28.7. The van der Waals surface area contributed by atoms with E-state index in [1.807, 2.05) is 6.07 Å². The van der Waals surface area contributed by atoms with Gasteiger partial charge in [0.25, 0.3) is 0 Å². The summed E-state index contributed by atoms with van der Waals surface area (Å²) in [5, 5.41) is 10.1. The molecule has 2 aliphatic rings. The summed E-state index contributed by atoms with van der Waals surface area (Å²) >= 11 is 0. The second-order valence-corrected chi connectivity index (χ2v) is 12.4. The van der Waals surface area contributed by atoms with Gasteiger partial charge < -0.3 is 20.2 Å². The van der Waals surface area contributed by atoms with Gasteiger partial charge in [0.15, 0.2) is 0 Å². The highest BCUT2D eigenvalue weighted by Crippen LogP contribution is 2.46. The first-order chi connectivity index (χ1) is 17.6. The fraction of sp³-hybridized carbons (Fsp3) is 0.680. The minimum Gasteiger partial charge on any atom is -0.475 e. The monoisotopic (exact) mass is 564 g/mol. The Kier molecular flexibility index (Phi) is 11.0. The number of alkyl halides is 3. The molecule has 2 aliphatic heterocycles. The van der Waals surface area contributed by atoms with Gasteiger partial charge in [0, 0.05) is 39.8 Å². The number of likely N-dealkylation sites (tertiary alicyclic amines) is 1. The Labute approximate surface area is 223 Å². The van der Waals surface area contributed by atoms with Crippen molar-refractivity contribution in [2.75, 3.05) is 46.8 Å². The topological polar surface area (TPSA) is 110 Å². The maximum absolute atomic E-state index is 13.6. The van der Waals surface area contributed by atoms with E-state index >= 15 is 0 Å². The second-order valence-electron chi connectivity index (χ2n) is 10.5. The fourth-order valence-electron chi connectivity index (χ4n) is 5.17. The van der Waals surface area contributed by atoms with E-state index in [2.05, 4.69) is 24.1 Å². The van der Waals surface area contributed by atoms with Crippen LogP contribution < -0.4 is 5.32 Å². The highest BCUT2D eigenvalue weighted by molar-refractivity contribution is 7.89. The number of hydrogen-bond acceptors (Lipinski definition) is 5. The molecule has 0 aliphatic carbocycles. The number of halogens is 3. The molecule has 0 saturated carbocycles. The smallest absolute Gasteiger partial charge is 0.475 e. The molecule has 0 aromatic heterocycles. The predicted octanol–water partition coefficient (Wildman–Crippen LogP) is 3.48. The zero-order valence-electron chi connectivity index (χ0n) is 22.4. The van der Waals surface area contributed by atoms with E-state index in [1.54, 1.807) is 42.7 Å². The van der Waals surface area contributed by atoms with Crippen LogP contribution in [0.15, 0.2) is 35.2 Å². The molecular weight excluding hydrogens is 525 g/mol. The van der Waals surface area contributed by atoms with Crippen LogP contribution in [0.25, 0.3) is 0 Å². The summed E-state index contributed by atoms with van der Waals surface area (Å²) in [7, 11) is -0.226. The third-order valence-corrected chi connectivity index (χ3v) is 8.95. The molecule has 3 rings (SSSR count). The molecule has 2 N–H and O–H groups in total. The number of sulfonamides is 1. The third kappa shape index (κ3) is 8.31. The molecule has 1 aromatic carbocycles. The largest absolute Gasteiger partial charge is 0.490 e. The number of carbonyl (C=O) groups excluding carboxylic acids is 1. The number of amides is 2. The summed E-state index contributed by atoms with van der Waals surface area (Å²) in [5.41, 5.74) is -0.104. The normalized spacial score (nSPS) is 20.5. The SMILES string of the molecule is CC(C)CN1CCC2(CCCN(S(=O)(=O)c3ccccc3)C2CNC(=O)N(C)C)CC1.O=C(O)C(F)(F)F. The minimum atomic E-state index is -5.08. The van der Waals surface area contributed by atoms with Crippen molar-refractivity contribution >= 4 is 22.0 Å². The number of nitrogens with one attached hydrogen (secondary N) is 1. The molecule has 2 saturated heterocycles. The van der Waals surface area contributed by atoms with Crippen molar-refractivity contribution in [3.05, 3.63) is 30.3 Å². The second kappa shape index (κ2) is 13.1. The van der Waals surface area contributed by atoms with Gasteiger partial charge in [-0.05, 0) is 62.2 Å². The maximum Gasteiger partial charge on any atom is 0.490 e. The zero-order valence-corrected chi connectivity index (χ0v) is 23.2. The average Bonchev–Trinajstić information content (AvgIpc) is 2.84. The number of urea groups is 1. The predicted molar refractivity (Wildman–Crippen MR) is 137 cm³/mol. The van der Waals surface area contributed by atoms with Gasteiger partial charge in [0.1, 0.15) is 0 Å². The molecular formula is C25H39F3N4O5S. The van der Waals surface area contributed by atoms with E-state index in [0.717, 1.165) is 45.3 Å². The van der Waals surface area contributed by atoms with Gasteiger partial charge in [-0.2, -0.15) is 17.5 Å². The molecule has 1 aromatic rings. The number of hydrogen-bond donors (Lipinski definition) is 2. The van der Waals surface area contributed by atoms with Crippen LogP contribution in [-0.2, 0) is 14.8 Å². The molecule has 216 valence electrons. The van der Waals surface area contributed by atoms with Gasteiger partial charge in [-0.15, -0.1) is 0 Å². The molecule has 1 atom stereocenters. The summed E-state index contributed by atoms with van der Waals surface area (Å²) in [6.07, 6.45) is -1.30. The number of benzene rings is 1. The van der Waals surface area contributed by atoms with Crippen LogP contribution >= 0.6 is 0 Å². The van der Waals surface area contributed by atoms with Gasteiger partial charge in [-0.1, -0.05) is 32.0 Å². The van der Waals surface area contributed by atoms with E-state index in [1.165, 1.54) is 4.90 Å². The van der Waals surface area contributed by atoms with E-state index in [0.29, 0.717) is 23.9 Å². The summed E-state index contributed by atoms with van der Waals surface area (Å²) in [6, 6.07) is 8.26. The summed E-state index contributed by atoms with van der Waals surface area (Å²) < 4.78 is 60.6. The number of rotatable bonds is 6. The average molecular weight is 565 g/mol. The van der Waals surface area contributed by atoms with Gasteiger partial charge in [0.2, 0.25) is 10.0 Å². The number of nitrogens with zero attached hydrogens (tertiary/aromatic N) is 3. The number of carbonyl (C=O) groups is 2. The molecule has 0 radical (unpaired) electrons. The van der Waals surface area contributed by atoms with Crippen molar-refractivity contribution in [1.29, 1.82) is 0 Å². The fourth-order valence-corrected chi connectivity index (χ4v) is 6.95. The van der Waals surface area contributed by atoms with Crippen molar-refractivity contribution in [1.82, 2.24) is 19.4 Å². The third-order valence-electron chi connectivity index (χ3n) is 7.03. The first-order valence-electron chi connectivity index (χ1n) is 12.6. The van der Waals surface area contributed by atoms with Crippen LogP contribution in [0, 0.1) is 11.3 Å². The van der Waals surface area contributed by atoms with Gasteiger partial charge in [-0.25, -0.2) is 18.0 Å². The molecule has 2 amide bonds. The van der Waals surface area contributed by atoms with Crippen molar-refractivity contribution in [2.24, 2.45) is 11.3 Å². The first kappa shape index (κ1) is 31.8. The molecule has 13 heteroatoms. The van der Waals surface area contributed by atoms with Crippen LogP contribution in [0.2, 0.25) is 0 Å². The molecule has 1 unspecified atom stereocenters. The Bertz CT molecular complexity index is 1030. The maximum atomic E-state index is 13.6. The lowest BCUT2D eigenvalue weighted by Gasteiger charge is -2.53. The summed E-state index contributed by atoms with van der Waals surface area (Å²) in [4.78, 5) is 25.5. The van der Waals surface area contributed by atoms with Gasteiger partial charge >= 0.3 is 18.2 Å². The van der Waals surface area contributed by atoms with E-state index < -0.39 is 22.2 Å². The van der Waals surface area contributed by atoms with Crippen molar-refractivity contribution in [3.8, 4) is 0 Å². The quantitative estimate of drug-likeness (QED) is 0.548. The van der Waals surface area contributed by atoms with Crippen molar-refractivity contribution in [3.63, 3.8) is 0 Å². The van der Waals surface area contributed by atoms with E-state index in [-0.39, 0.29) is 17.5 Å². The van der Waals surface area contributed by atoms with Gasteiger partial charge in [0.05, 0.1) is 4.90 Å². The number of carboxylic acids is 1. The molecule has 0 bridgehead atoms. The summed E-state index contributed by atoms with van der Waals surface area (Å²) in [5.74, 6) is -2.14. The number of carboxylic acid groups (broad SMARTS) is 1. The molecule has 2 fully saturated rings. The lowest BCUT2D eigenvalue weighted by atomic mass is 9.67. The lowest BCUT2D eigenvalue weighted by Crippen LogP contribution is -2.61. The Morgan fingerprint density at radius 2 is 1.66 bits per heavy atom. The Balaban J connectivity index is 0.000000638. The highest BCUT2D eigenvalue weighted by atomic mass is 32.2. The standard InChI is InChI=1S/C23H38N4O3S.C2HF3O2/c1-19(2)18-26-15-12-23(13-16-26)11-8-14-27(21(23)17-24-22(28)25(3)4)31(29,30)20-9-6-5-7-10-20;3-2(4,5)1(6)7/h5-7,9-10,19,21H,8,11-18H2,1-4H3,(H,24,28);(H,6,7). The number of piperidine rings is 2. The van der Waals surface area contributed by atoms with Crippen molar-refractivity contribution < 1.29 is 36.3 Å². The van der Waals surface area contributed by atoms with Crippen LogP contribution in [0.5, 0.6) is 0 Å². The van der Waals surface area contributed by atoms with Crippen LogP contribution in [0.3, 0.4) is 0 Å². The summed E-state index contributed by atoms with van der Waals surface area (Å²) in [6.45, 7) is 8.34. The lowest BCUT2D eigenvalue weighted by molar-refractivity contribution is -0.192. The van der Waals surface area contributed by atoms with E-state index in [4.69, 9.17) is 9.90 Å². The highest BCUT2D eigenvalue weighted by Gasteiger charge is 2.49. The van der Waals surface area contributed by atoms with Crippen LogP contribution in [-0.4, -0.2) is 98.7 Å². The molecule has 1 spiro atoms. The van der Waals surface area contributed by atoms with E-state index in [9.17, 15) is 26.4 Å². The van der Waals surface area contributed by atoms with Crippen LogP contribution in [0.1, 0.15) is 39.5 Å². The minimum absolute atomic E-state index is 0.104. The molecule has 9 nitrogen and oxygen atoms in total. The van der Waals surface area contributed by atoms with Crippen molar-refractivity contribution in [2.45, 2.75) is 56.6 Å². The Morgan fingerprint density at radius 1 is 1.11 bits per heavy atom. The van der Waals surface area contributed by atoms with Crippen LogP contribution in [0.4, 0.5) is 18.0 Å². The first-order valence-corrected chi connectivity index (χ1v) is 14.1.